The minimum atomic E-state index is -1.13. The molecule has 0 aliphatic carbocycles. The second-order valence-corrected chi connectivity index (χ2v) is 8.06. The topological polar surface area (TPSA) is 112 Å². The summed E-state index contributed by atoms with van der Waals surface area (Å²) in [5.74, 6) is -1.96. The molecular formula is C18H16ClN3O4S. The van der Waals surface area contributed by atoms with Gasteiger partial charge in [0.2, 0.25) is 0 Å². The van der Waals surface area contributed by atoms with Crippen LogP contribution < -0.4 is 5.32 Å². The number of hydrogen-bond acceptors (Lipinski definition) is 6. The highest BCUT2D eigenvalue weighted by Crippen LogP contribution is 2.34. The maximum atomic E-state index is 12.2. The summed E-state index contributed by atoms with van der Waals surface area (Å²) in [4.78, 5) is 32.4. The lowest BCUT2D eigenvalue weighted by molar-refractivity contribution is -0.146. The van der Waals surface area contributed by atoms with Crippen molar-refractivity contribution >= 4 is 45.0 Å². The Balaban J connectivity index is 1.82. The van der Waals surface area contributed by atoms with Crippen molar-refractivity contribution in [3.8, 4) is 16.2 Å². The summed E-state index contributed by atoms with van der Waals surface area (Å²) in [7, 11) is 0. The lowest BCUT2D eigenvalue weighted by atomic mass is 9.94. The third kappa shape index (κ3) is 4.01. The highest BCUT2D eigenvalue weighted by molar-refractivity contribution is 7.22. The van der Waals surface area contributed by atoms with Gasteiger partial charge in [-0.15, -0.1) is 11.3 Å². The Kier molecular flexibility index (Phi) is 5.03. The monoisotopic (exact) mass is 405 g/mol. The van der Waals surface area contributed by atoms with Gasteiger partial charge in [-0.05, 0) is 38.1 Å². The number of aromatic hydroxyl groups is 1. The number of carboxylic acids is 1. The van der Waals surface area contributed by atoms with E-state index in [0.29, 0.717) is 10.7 Å². The first-order valence-electron chi connectivity index (χ1n) is 7.94. The molecule has 9 heteroatoms. The molecule has 3 aromatic heterocycles. The average Bonchev–Trinajstić information content (AvgIpc) is 3.02. The normalized spacial score (nSPS) is 11.5. The number of hydrogen-bond donors (Lipinski definition) is 3. The summed E-state index contributed by atoms with van der Waals surface area (Å²) in [6.45, 7) is 2.90. The van der Waals surface area contributed by atoms with Gasteiger partial charge in [-0.1, -0.05) is 11.6 Å². The van der Waals surface area contributed by atoms with E-state index in [-0.39, 0.29) is 18.0 Å². The number of carboxylic acid groups (broad SMARTS) is 1. The number of halogens is 1. The van der Waals surface area contributed by atoms with Crippen molar-refractivity contribution in [2.75, 3.05) is 6.54 Å². The SMILES string of the molecule is CC(C)(CNC(=O)c1ncc(-c2cc3nc(Cl)ccc3s2)cc1O)C(=O)O. The highest BCUT2D eigenvalue weighted by Gasteiger charge is 2.28. The highest BCUT2D eigenvalue weighted by atomic mass is 35.5. The number of carbonyl (C=O) groups excluding carboxylic acids is 1. The number of thiophene rings is 1. The predicted molar refractivity (Wildman–Crippen MR) is 103 cm³/mol. The number of aliphatic carboxylic acids is 1. The zero-order valence-electron chi connectivity index (χ0n) is 14.5. The van der Waals surface area contributed by atoms with Crippen molar-refractivity contribution in [2.24, 2.45) is 5.41 Å². The Hall–Kier alpha value is -2.71. The molecule has 0 fully saturated rings. The summed E-state index contributed by atoms with van der Waals surface area (Å²) in [5.41, 5.74) is 0.0762. The predicted octanol–water partition coefficient (Wildman–Crippen LogP) is 3.56. The van der Waals surface area contributed by atoms with Crippen LogP contribution in [-0.2, 0) is 4.79 Å². The number of nitrogens with one attached hydrogen (secondary N) is 1. The molecule has 3 aromatic rings. The Morgan fingerprint density at radius 1 is 1.30 bits per heavy atom. The van der Waals surface area contributed by atoms with E-state index in [1.165, 1.54) is 37.4 Å². The molecule has 0 aliphatic heterocycles. The fourth-order valence-electron chi connectivity index (χ4n) is 2.26. The summed E-state index contributed by atoms with van der Waals surface area (Å²) in [5, 5.41) is 22.2. The average molecular weight is 406 g/mol. The molecule has 0 saturated heterocycles. The standard InChI is InChI=1S/C18H16ClN3O4S/c1-18(2,17(25)26)8-21-16(24)15-11(23)5-9(7-20-15)13-6-10-12(27-13)3-4-14(19)22-10/h3-7,23H,8H2,1-2H3,(H,21,24)(H,25,26). The summed E-state index contributed by atoms with van der Waals surface area (Å²) in [6, 6.07) is 6.83. The third-order valence-electron chi connectivity index (χ3n) is 3.98. The van der Waals surface area contributed by atoms with Gasteiger partial charge in [0.1, 0.15) is 10.9 Å². The van der Waals surface area contributed by atoms with Gasteiger partial charge in [0.15, 0.2) is 5.69 Å². The van der Waals surface area contributed by atoms with Crippen LogP contribution in [0.2, 0.25) is 5.15 Å². The molecule has 140 valence electrons. The van der Waals surface area contributed by atoms with E-state index in [1.807, 2.05) is 12.1 Å². The van der Waals surface area contributed by atoms with Gasteiger partial charge in [-0.3, -0.25) is 9.59 Å². The number of carbonyl (C=O) groups is 2. The molecule has 0 aromatic carbocycles. The van der Waals surface area contributed by atoms with Gasteiger partial charge in [0.25, 0.3) is 5.91 Å². The molecular weight excluding hydrogens is 390 g/mol. The van der Waals surface area contributed by atoms with Crippen LogP contribution >= 0.6 is 22.9 Å². The smallest absolute Gasteiger partial charge is 0.310 e. The lowest BCUT2D eigenvalue weighted by Gasteiger charge is -2.19. The Labute approximate surface area is 163 Å². The van der Waals surface area contributed by atoms with Crippen LogP contribution in [0.1, 0.15) is 24.3 Å². The number of rotatable bonds is 5. The van der Waals surface area contributed by atoms with Crippen molar-refractivity contribution < 1.29 is 19.8 Å². The van der Waals surface area contributed by atoms with Gasteiger partial charge in [-0.2, -0.15) is 0 Å². The van der Waals surface area contributed by atoms with Gasteiger partial charge < -0.3 is 15.5 Å². The molecule has 27 heavy (non-hydrogen) atoms. The maximum absolute atomic E-state index is 12.2. The minimum Gasteiger partial charge on any atom is -0.505 e. The minimum absolute atomic E-state index is 0.0905. The quantitative estimate of drug-likeness (QED) is 0.559. The van der Waals surface area contributed by atoms with E-state index >= 15 is 0 Å². The molecule has 3 N–H and O–H groups in total. The molecule has 0 spiro atoms. The van der Waals surface area contributed by atoms with Crippen molar-refractivity contribution in [3.05, 3.63) is 41.3 Å². The van der Waals surface area contributed by atoms with Crippen molar-refractivity contribution in [3.63, 3.8) is 0 Å². The van der Waals surface area contributed by atoms with Crippen LogP contribution in [0.15, 0.2) is 30.5 Å². The molecule has 0 aliphatic rings. The maximum Gasteiger partial charge on any atom is 0.310 e. The largest absolute Gasteiger partial charge is 0.505 e. The van der Waals surface area contributed by atoms with Crippen molar-refractivity contribution in [2.45, 2.75) is 13.8 Å². The Morgan fingerprint density at radius 3 is 2.70 bits per heavy atom. The van der Waals surface area contributed by atoms with Crippen molar-refractivity contribution in [1.82, 2.24) is 15.3 Å². The summed E-state index contributed by atoms with van der Waals surface area (Å²) in [6.07, 6.45) is 1.48. The number of fused-ring (bicyclic) bond motifs is 1. The molecule has 0 unspecified atom stereocenters. The fraction of sp³-hybridized carbons (Fsp3) is 0.222. The van der Waals surface area contributed by atoms with Crippen LogP contribution in [0.25, 0.3) is 20.7 Å². The molecule has 7 nitrogen and oxygen atoms in total. The van der Waals surface area contributed by atoms with E-state index in [1.54, 1.807) is 6.07 Å². The first-order valence-corrected chi connectivity index (χ1v) is 9.14. The van der Waals surface area contributed by atoms with E-state index < -0.39 is 17.3 Å². The zero-order chi connectivity index (χ0) is 19.8. The van der Waals surface area contributed by atoms with Crippen LogP contribution in [0.4, 0.5) is 0 Å². The number of nitrogens with zero attached hydrogens (tertiary/aromatic N) is 2. The van der Waals surface area contributed by atoms with E-state index in [0.717, 1.165) is 15.1 Å². The summed E-state index contributed by atoms with van der Waals surface area (Å²) < 4.78 is 0.937. The Morgan fingerprint density at radius 2 is 2.04 bits per heavy atom. The fourth-order valence-corrected chi connectivity index (χ4v) is 3.40. The van der Waals surface area contributed by atoms with Crippen LogP contribution in [0, 0.1) is 5.41 Å². The first kappa shape index (κ1) is 19.1. The van der Waals surface area contributed by atoms with Gasteiger partial charge in [-0.25, -0.2) is 9.97 Å². The second kappa shape index (κ2) is 7.13. The zero-order valence-corrected chi connectivity index (χ0v) is 16.1. The van der Waals surface area contributed by atoms with Crippen LogP contribution in [0.5, 0.6) is 5.75 Å². The first-order chi connectivity index (χ1) is 12.7. The molecule has 0 atom stereocenters. The van der Waals surface area contributed by atoms with E-state index in [9.17, 15) is 14.7 Å². The number of aromatic nitrogens is 2. The number of pyridine rings is 2. The molecule has 3 heterocycles. The van der Waals surface area contributed by atoms with Crippen LogP contribution in [0.3, 0.4) is 0 Å². The van der Waals surface area contributed by atoms with Gasteiger partial charge >= 0.3 is 5.97 Å². The Bertz CT molecular complexity index is 1050. The van der Waals surface area contributed by atoms with Crippen LogP contribution in [-0.4, -0.2) is 38.6 Å². The van der Waals surface area contributed by atoms with E-state index in [4.69, 9.17) is 16.7 Å². The second-order valence-electron chi connectivity index (χ2n) is 6.59. The van der Waals surface area contributed by atoms with Gasteiger partial charge in [0.05, 0.1) is 15.6 Å². The number of amides is 1. The molecule has 0 bridgehead atoms. The molecule has 0 saturated carbocycles. The van der Waals surface area contributed by atoms with E-state index in [2.05, 4.69) is 15.3 Å². The lowest BCUT2D eigenvalue weighted by Crippen LogP contribution is -2.39. The molecule has 0 radical (unpaired) electrons. The summed E-state index contributed by atoms with van der Waals surface area (Å²) >= 11 is 7.36. The van der Waals surface area contributed by atoms with Gasteiger partial charge in [0, 0.05) is 23.2 Å². The van der Waals surface area contributed by atoms with Crippen molar-refractivity contribution in [1.29, 1.82) is 0 Å². The molecule has 1 amide bonds. The third-order valence-corrected chi connectivity index (χ3v) is 5.33. The molecule has 3 rings (SSSR count).